The Kier molecular flexibility index (Phi) is 4.14. The van der Waals surface area contributed by atoms with E-state index in [1.54, 1.807) is 19.1 Å². The van der Waals surface area contributed by atoms with Crippen LogP contribution in [0.4, 0.5) is 4.39 Å². The van der Waals surface area contributed by atoms with Crippen LogP contribution < -0.4 is 5.32 Å². The first-order chi connectivity index (χ1) is 8.63. The summed E-state index contributed by atoms with van der Waals surface area (Å²) in [5.41, 5.74) is 3.40. The standard InChI is InChI=1S/C13H15BrFN3/c1-8-7-9(3-4-10(8)15)13-12(14)11(17-18-13)5-6-16-2/h3-4,7,16H,5-6H2,1-2H3,(H,17,18). The third kappa shape index (κ3) is 2.62. The van der Waals surface area contributed by atoms with Gasteiger partial charge in [0, 0.05) is 18.5 Å². The lowest BCUT2D eigenvalue weighted by molar-refractivity contribution is 0.618. The predicted molar refractivity (Wildman–Crippen MR) is 74.0 cm³/mol. The summed E-state index contributed by atoms with van der Waals surface area (Å²) in [6.07, 6.45) is 0.865. The second-order valence-electron chi connectivity index (χ2n) is 4.18. The van der Waals surface area contributed by atoms with E-state index in [9.17, 15) is 4.39 Å². The topological polar surface area (TPSA) is 40.7 Å². The van der Waals surface area contributed by atoms with Crippen molar-refractivity contribution in [3.63, 3.8) is 0 Å². The molecule has 0 amide bonds. The number of aromatic amines is 1. The molecule has 5 heteroatoms. The molecule has 0 radical (unpaired) electrons. The van der Waals surface area contributed by atoms with E-state index in [-0.39, 0.29) is 5.82 Å². The van der Waals surface area contributed by atoms with Crippen molar-refractivity contribution in [3.05, 3.63) is 39.7 Å². The molecule has 0 bridgehead atoms. The maximum Gasteiger partial charge on any atom is 0.126 e. The number of hydrogen-bond acceptors (Lipinski definition) is 2. The molecule has 0 saturated carbocycles. The van der Waals surface area contributed by atoms with Crippen molar-refractivity contribution in [1.29, 1.82) is 0 Å². The van der Waals surface area contributed by atoms with Crippen molar-refractivity contribution in [2.24, 2.45) is 0 Å². The molecule has 0 spiro atoms. The number of H-pyrrole nitrogens is 1. The van der Waals surface area contributed by atoms with Crippen LogP contribution in [0.25, 0.3) is 11.3 Å². The Morgan fingerprint density at radius 2 is 2.22 bits per heavy atom. The van der Waals surface area contributed by atoms with Gasteiger partial charge >= 0.3 is 0 Å². The van der Waals surface area contributed by atoms with Gasteiger partial charge in [0.25, 0.3) is 0 Å². The van der Waals surface area contributed by atoms with Crippen LogP contribution in [0, 0.1) is 12.7 Å². The predicted octanol–water partition coefficient (Wildman–Crippen LogP) is 3.05. The van der Waals surface area contributed by atoms with Crippen LogP contribution in [0.3, 0.4) is 0 Å². The summed E-state index contributed by atoms with van der Waals surface area (Å²) in [5, 5.41) is 10.4. The van der Waals surface area contributed by atoms with Crippen molar-refractivity contribution in [2.45, 2.75) is 13.3 Å². The van der Waals surface area contributed by atoms with Gasteiger partial charge in [-0.15, -0.1) is 0 Å². The lowest BCUT2D eigenvalue weighted by Gasteiger charge is -2.02. The fourth-order valence-corrected chi connectivity index (χ4v) is 2.37. The Hall–Kier alpha value is -1.20. The number of hydrogen-bond donors (Lipinski definition) is 2. The molecule has 0 aliphatic rings. The van der Waals surface area contributed by atoms with E-state index in [2.05, 4.69) is 31.4 Å². The zero-order valence-corrected chi connectivity index (χ0v) is 11.9. The summed E-state index contributed by atoms with van der Waals surface area (Å²) in [6, 6.07) is 5.02. The fourth-order valence-electron chi connectivity index (χ4n) is 1.76. The number of nitrogens with zero attached hydrogens (tertiary/aromatic N) is 1. The molecule has 1 heterocycles. The number of rotatable bonds is 4. The zero-order valence-electron chi connectivity index (χ0n) is 10.3. The quantitative estimate of drug-likeness (QED) is 0.911. The van der Waals surface area contributed by atoms with Gasteiger partial charge in [-0.05, 0) is 53.7 Å². The highest BCUT2D eigenvalue weighted by molar-refractivity contribution is 9.10. The molecule has 0 atom stereocenters. The van der Waals surface area contributed by atoms with E-state index in [0.29, 0.717) is 5.56 Å². The number of likely N-dealkylation sites (N-methyl/N-ethyl adjacent to an activating group) is 1. The van der Waals surface area contributed by atoms with E-state index in [4.69, 9.17) is 0 Å². The number of aryl methyl sites for hydroxylation is 1. The van der Waals surface area contributed by atoms with Crippen LogP contribution in [-0.4, -0.2) is 23.8 Å². The molecule has 0 unspecified atom stereocenters. The summed E-state index contributed by atoms with van der Waals surface area (Å²) in [5.74, 6) is -0.194. The van der Waals surface area contributed by atoms with Gasteiger partial charge in [-0.3, -0.25) is 5.10 Å². The minimum Gasteiger partial charge on any atom is -0.319 e. The molecule has 96 valence electrons. The maximum atomic E-state index is 13.2. The third-order valence-corrected chi connectivity index (χ3v) is 3.69. The molecular weight excluding hydrogens is 297 g/mol. The second-order valence-corrected chi connectivity index (χ2v) is 4.98. The van der Waals surface area contributed by atoms with Crippen molar-refractivity contribution < 1.29 is 4.39 Å². The minimum absolute atomic E-state index is 0.194. The van der Waals surface area contributed by atoms with Gasteiger partial charge in [0.2, 0.25) is 0 Å². The highest BCUT2D eigenvalue weighted by Gasteiger charge is 2.12. The second kappa shape index (κ2) is 5.63. The fraction of sp³-hybridized carbons (Fsp3) is 0.308. The average Bonchev–Trinajstić information content (AvgIpc) is 2.72. The van der Waals surface area contributed by atoms with Crippen molar-refractivity contribution in [1.82, 2.24) is 15.5 Å². The summed E-state index contributed by atoms with van der Waals surface area (Å²) in [7, 11) is 1.91. The molecule has 2 rings (SSSR count). The molecule has 0 saturated heterocycles. The van der Waals surface area contributed by atoms with Crippen LogP contribution in [0.15, 0.2) is 22.7 Å². The first-order valence-corrected chi connectivity index (χ1v) is 6.56. The van der Waals surface area contributed by atoms with Crippen LogP contribution >= 0.6 is 15.9 Å². The van der Waals surface area contributed by atoms with Gasteiger partial charge in [0.15, 0.2) is 0 Å². The number of nitrogens with one attached hydrogen (secondary N) is 2. The Bertz CT molecular complexity index is 551. The molecule has 0 aliphatic carbocycles. The molecule has 1 aromatic heterocycles. The summed E-state index contributed by atoms with van der Waals surface area (Å²) in [6.45, 7) is 2.63. The molecule has 3 nitrogen and oxygen atoms in total. The first-order valence-electron chi connectivity index (χ1n) is 5.77. The summed E-state index contributed by atoms with van der Waals surface area (Å²) in [4.78, 5) is 0. The molecule has 2 N–H and O–H groups in total. The van der Waals surface area contributed by atoms with Crippen molar-refractivity contribution in [2.75, 3.05) is 13.6 Å². The normalized spacial score (nSPS) is 10.9. The SMILES string of the molecule is CNCCc1[nH]nc(-c2ccc(F)c(C)c2)c1Br. The van der Waals surface area contributed by atoms with Gasteiger partial charge in [0.05, 0.1) is 10.2 Å². The van der Waals surface area contributed by atoms with Crippen molar-refractivity contribution >= 4 is 15.9 Å². The number of aromatic nitrogens is 2. The highest BCUT2D eigenvalue weighted by Crippen LogP contribution is 2.29. The van der Waals surface area contributed by atoms with E-state index < -0.39 is 0 Å². The highest BCUT2D eigenvalue weighted by atomic mass is 79.9. The number of benzene rings is 1. The van der Waals surface area contributed by atoms with Gasteiger partial charge in [-0.1, -0.05) is 0 Å². The van der Waals surface area contributed by atoms with Crippen LogP contribution in [0.2, 0.25) is 0 Å². The van der Waals surface area contributed by atoms with Gasteiger partial charge in [0.1, 0.15) is 11.5 Å². The van der Waals surface area contributed by atoms with Crippen molar-refractivity contribution in [3.8, 4) is 11.3 Å². The summed E-state index contributed by atoms with van der Waals surface area (Å²) >= 11 is 3.55. The lowest BCUT2D eigenvalue weighted by atomic mass is 10.1. The molecule has 1 aromatic carbocycles. The van der Waals surface area contributed by atoms with E-state index in [0.717, 1.165) is 34.4 Å². The van der Waals surface area contributed by atoms with E-state index in [1.165, 1.54) is 6.07 Å². The van der Waals surface area contributed by atoms with Gasteiger partial charge in [-0.25, -0.2) is 4.39 Å². The minimum atomic E-state index is -0.194. The first kappa shape index (κ1) is 13.2. The summed E-state index contributed by atoms with van der Waals surface area (Å²) < 4.78 is 14.2. The Labute approximate surface area is 114 Å². The third-order valence-electron chi connectivity index (χ3n) is 2.83. The molecule has 18 heavy (non-hydrogen) atoms. The lowest BCUT2D eigenvalue weighted by Crippen LogP contribution is -2.10. The Morgan fingerprint density at radius 1 is 1.44 bits per heavy atom. The van der Waals surface area contributed by atoms with Gasteiger partial charge in [-0.2, -0.15) is 5.10 Å². The molecule has 0 fully saturated rings. The van der Waals surface area contributed by atoms with Crippen LogP contribution in [0.5, 0.6) is 0 Å². The smallest absolute Gasteiger partial charge is 0.126 e. The number of halogens is 2. The Balaban J connectivity index is 2.33. The average molecular weight is 312 g/mol. The monoisotopic (exact) mass is 311 g/mol. The van der Waals surface area contributed by atoms with Crippen LogP contribution in [0.1, 0.15) is 11.3 Å². The van der Waals surface area contributed by atoms with Crippen LogP contribution in [-0.2, 0) is 6.42 Å². The van der Waals surface area contributed by atoms with E-state index >= 15 is 0 Å². The molecule has 0 aliphatic heterocycles. The maximum absolute atomic E-state index is 13.2. The van der Waals surface area contributed by atoms with Gasteiger partial charge < -0.3 is 5.32 Å². The zero-order chi connectivity index (χ0) is 13.1. The van der Waals surface area contributed by atoms with E-state index in [1.807, 2.05) is 7.05 Å². The molecule has 2 aromatic rings. The Morgan fingerprint density at radius 3 is 2.89 bits per heavy atom. The molecular formula is C13H15BrFN3. The largest absolute Gasteiger partial charge is 0.319 e.